The van der Waals surface area contributed by atoms with Gasteiger partial charge in [-0.1, -0.05) is 30.3 Å². The van der Waals surface area contributed by atoms with Gasteiger partial charge in [-0.15, -0.1) is 0 Å². The van der Waals surface area contributed by atoms with Crippen molar-refractivity contribution in [3.63, 3.8) is 0 Å². The van der Waals surface area contributed by atoms with Crippen LogP contribution < -0.4 is 5.32 Å². The van der Waals surface area contributed by atoms with Crippen molar-refractivity contribution >= 4 is 15.7 Å². The van der Waals surface area contributed by atoms with Crippen LogP contribution in [0.5, 0.6) is 0 Å². The Hall–Kier alpha value is -1.85. The summed E-state index contributed by atoms with van der Waals surface area (Å²) in [6, 6.07) is 16.4. The maximum absolute atomic E-state index is 13.0. The Kier molecular flexibility index (Phi) is 4.76. The Bertz CT molecular complexity index is 872. The fraction of sp³-hybridized carbons (Fsp3) is 0.429. The van der Waals surface area contributed by atoms with Crippen molar-refractivity contribution in [3.05, 3.63) is 59.7 Å². The Balaban J connectivity index is 1.43. The third-order valence-corrected chi connectivity index (χ3v) is 7.48. The highest BCUT2D eigenvalue weighted by Crippen LogP contribution is 2.31. The number of hydrogen-bond acceptors (Lipinski definition) is 3. The monoisotopic (exact) mass is 370 g/mol. The summed E-state index contributed by atoms with van der Waals surface area (Å²) in [5.41, 5.74) is 3.52. The van der Waals surface area contributed by atoms with Crippen LogP contribution in [0, 0.1) is 5.92 Å². The van der Waals surface area contributed by atoms with Crippen LogP contribution in [-0.2, 0) is 22.9 Å². The second-order valence-corrected chi connectivity index (χ2v) is 9.54. The molecule has 0 saturated carbocycles. The molecule has 0 radical (unpaired) electrons. The molecule has 26 heavy (non-hydrogen) atoms. The maximum atomic E-state index is 13.0. The lowest BCUT2D eigenvalue weighted by Crippen LogP contribution is -2.38. The molecule has 4 nitrogen and oxygen atoms in total. The molecule has 0 spiro atoms. The highest BCUT2D eigenvalue weighted by atomic mass is 32.2. The average Bonchev–Trinajstić information content (AvgIpc) is 3.02. The number of nitrogens with one attached hydrogen (secondary N) is 1. The molecule has 4 rings (SSSR count). The molecule has 0 amide bonds. The molecule has 1 atom stereocenters. The molecule has 2 heterocycles. The SMILES string of the molecule is C[C@H]1Cc2cc(S(=O)(=O)N3CCC(Cc4ccccc4)CC3)ccc2N1. The second kappa shape index (κ2) is 7.05. The fourth-order valence-electron chi connectivity index (χ4n) is 4.14. The Labute approximate surface area is 156 Å². The summed E-state index contributed by atoms with van der Waals surface area (Å²) < 4.78 is 27.7. The van der Waals surface area contributed by atoms with Crippen molar-refractivity contribution < 1.29 is 8.42 Å². The van der Waals surface area contributed by atoms with Gasteiger partial charge in [-0.05, 0) is 67.9 Å². The molecule has 0 unspecified atom stereocenters. The third kappa shape index (κ3) is 3.51. The molecular weight excluding hydrogens is 344 g/mol. The minimum atomic E-state index is -3.39. The Morgan fingerprint density at radius 1 is 1.08 bits per heavy atom. The number of sulfonamides is 1. The number of fused-ring (bicyclic) bond motifs is 1. The van der Waals surface area contributed by atoms with E-state index < -0.39 is 10.0 Å². The van der Waals surface area contributed by atoms with Gasteiger partial charge in [0.25, 0.3) is 0 Å². The molecule has 0 bridgehead atoms. The lowest BCUT2D eigenvalue weighted by Gasteiger charge is -2.31. The molecule has 0 aromatic heterocycles. The third-order valence-electron chi connectivity index (χ3n) is 5.58. The second-order valence-electron chi connectivity index (χ2n) is 7.61. The van der Waals surface area contributed by atoms with E-state index in [1.165, 1.54) is 5.56 Å². The predicted octanol–water partition coefficient (Wildman–Crippen LogP) is 3.69. The van der Waals surface area contributed by atoms with Crippen LogP contribution in [0.2, 0.25) is 0 Å². The molecule has 138 valence electrons. The van der Waals surface area contributed by atoms with Crippen molar-refractivity contribution in [3.8, 4) is 0 Å². The normalized spacial score (nSPS) is 21.3. The summed E-state index contributed by atoms with van der Waals surface area (Å²) in [5, 5.41) is 3.38. The van der Waals surface area contributed by atoms with Gasteiger partial charge in [-0.25, -0.2) is 8.42 Å². The van der Waals surface area contributed by atoms with Gasteiger partial charge >= 0.3 is 0 Å². The summed E-state index contributed by atoms with van der Waals surface area (Å²) in [7, 11) is -3.39. The minimum Gasteiger partial charge on any atom is -0.382 e. The van der Waals surface area contributed by atoms with Crippen LogP contribution in [-0.4, -0.2) is 31.9 Å². The van der Waals surface area contributed by atoms with Gasteiger partial charge < -0.3 is 5.32 Å². The van der Waals surface area contributed by atoms with Gasteiger partial charge in [0.15, 0.2) is 0 Å². The van der Waals surface area contributed by atoms with E-state index in [9.17, 15) is 8.42 Å². The first-order chi connectivity index (χ1) is 12.5. The van der Waals surface area contributed by atoms with Gasteiger partial charge in [0.2, 0.25) is 10.0 Å². The number of anilines is 1. The number of piperidine rings is 1. The summed E-state index contributed by atoms with van der Waals surface area (Å²) in [4.78, 5) is 0.439. The van der Waals surface area contributed by atoms with Crippen LogP contribution in [0.1, 0.15) is 30.9 Å². The number of nitrogens with zero attached hydrogens (tertiary/aromatic N) is 1. The van der Waals surface area contributed by atoms with E-state index in [1.807, 2.05) is 18.2 Å². The molecule has 0 aliphatic carbocycles. The summed E-state index contributed by atoms with van der Waals surface area (Å²) in [5.74, 6) is 0.564. The zero-order valence-corrected chi connectivity index (χ0v) is 16.0. The summed E-state index contributed by atoms with van der Waals surface area (Å²) in [6.07, 6.45) is 3.78. The van der Waals surface area contributed by atoms with Gasteiger partial charge in [-0.2, -0.15) is 4.31 Å². The first kappa shape index (κ1) is 17.6. The van der Waals surface area contributed by atoms with E-state index in [0.29, 0.717) is 29.9 Å². The molecule has 5 heteroatoms. The molecule has 2 aliphatic rings. The van der Waals surface area contributed by atoms with Crippen molar-refractivity contribution in [1.29, 1.82) is 0 Å². The molecule has 2 aromatic rings. The molecule has 1 N–H and O–H groups in total. The zero-order valence-electron chi connectivity index (χ0n) is 15.2. The van der Waals surface area contributed by atoms with Gasteiger partial charge in [0.05, 0.1) is 4.90 Å². The lowest BCUT2D eigenvalue weighted by molar-refractivity contribution is 0.273. The Morgan fingerprint density at radius 2 is 1.81 bits per heavy atom. The van der Waals surface area contributed by atoms with Gasteiger partial charge in [0.1, 0.15) is 0 Å². The molecular formula is C21H26N2O2S. The van der Waals surface area contributed by atoms with E-state index in [-0.39, 0.29) is 0 Å². The van der Waals surface area contributed by atoms with E-state index >= 15 is 0 Å². The highest BCUT2D eigenvalue weighted by Gasteiger charge is 2.30. The maximum Gasteiger partial charge on any atom is 0.243 e. The van der Waals surface area contributed by atoms with Gasteiger partial charge in [-0.3, -0.25) is 0 Å². The van der Waals surface area contributed by atoms with Crippen LogP contribution >= 0.6 is 0 Å². The predicted molar refractivity (Wildman–Crippen MR) is 105 cm³/mol. The molecule has 1 fully saturated rings. The van der Waals surface area contributed by atoms with Crippen LogP contribution in [0.15, 0.2) is 53.4 Å². The molecule has 1 saturated heterocycles. The number of benzene rings is 2. The topological polar surface area (TPSA) is 49.4 Å². The largest absolute Gasteiger partial charge is 0.382 e. The van der Waals surface area contributed by atoms with Crippen LogP contribution in [0.25, 0.3) is 0 Å². The highest BCUT2D eigenvalue weighted by molar-refractivity contribution is 7.89. The number of rotatable bonds is 4. The quantitative estimate of drug-likeness (QED) is 0.893. The molecule has 2 aromatic carbocycles. The molecule has 2 aliphatic heterocycles. The Morgan fingerprint density at radius 3 is 2.54 bits per heavy atom. The summed E-state index contributed by atoms with van der Waals surface area (Å²) in [6.45, 7) is 3.35. The minimum absolute atomic E-state index is 0.372. The van der Waals surface area contributed by atoms with E-state index in [4.69, 9.17) is 0 Å². The van der Waals surface area contributed by atoms with Crippen LogP contribution in [0.4, 0.5) is 5.69 Å². The van der Waals surface area contributed by atoms with Crippen molar-refractivity contribution in [2.75, 3.05) is 18.4 Å². The zero-order chi connectivity index (χ0) is 18.1. The van der Waals surface area contributed by atoms with Crippen molar-refractivity contribution in [2.45, 2.75) is 43.5 Å². The van der Waals surface area contributed by atoms with Gasteiger partial charge in [0, 0.05) is 24.8 Å². The van der Waals surface area contributed by atoms with E-state index in [1.54, 1.807) is 10.4 Å². The van der Waals surface area contributed by atoms with Crippen molar-refractivity contribution in [2.24, 2.45) is 5.92 Å². The smallest absolute Gasteiger partial charge is 0.243 e. The first-order valence-electron chi connectivity index (χ1n) is 9.46. The van der Waals surface area contributed by atoms with E-state index in [2.05, 4.69) is 36.5 Å². The fourth-order valence-corrected chi connectivity index (χ4v) is 5.66. The van der Waals surface area contributed by atoms with Crippen LogP contribution in [0.3, 0.4) is 0 Å². The average molecular weight is 371 g/mol. The van der Waals surface area contributed by atoms with Crippen molar-refractivity contribution in [1.82, 2.24) is 4.31 Å². The standard InChI is InChI=1S/C21H26N2O2S/c1-16-13-19-15-20(7-8-21(19)22-16)26(24,25)23-11-9-18(10-12-23)14-17-5-3-2-4-6-17/h2-8,15-16,18,22H,9-14H2,1H3/t16-/m0/s1. The number of hydrogen-bond donors (Lipinski definition) is 1. The van der Waals surface area contributed by atoms with E-state index in [0.717, 1.165) is 36.9 Å². The summed E-state index contributed by atoms with van der Waals surface area (Å²) >= 11 is 0. The lowest BCUT2D eigenvalue weighted by atomic mass is 9.91. The first-order valence-corrected chi connectivity index (χ1v) is 10.9.